The fourth-order valence-corrected chi connectivity index (χ4v) is 1.41. The third-order valence-electron chi connectivity index (χ3n) is 2.76. The number of hydrogen-bond donors (Lipinski definition) is 1. The molecule has 0 saturated carbocycles. The van der Waals surface area contributed by atoms with Gasteiger partial charge < -0.3 is 10.2 Å². The Labute approximate surface area is 75.8 Å². The minimum atomic E-state index is 0. The second-order valence-corrected chi connectivity index (χ2v) is 3.64. The first kappa shape index (κ1) is 11.2. The standard InChI is InChI=1S/C8H18N2.ClH/c1-8(10(2)3)4-6-9-7-5-8;/h9H,4-7H2,1-3H3;1H. The molecule has 0 aromatic rings. The highest BCUT2D eigenvalue weighted by Crippen LogP contribution is 2.22. The summed E-state index contributed by atoms with van der Waals surface area (Å²) >= 11 is 0. The number of halogens is 1. The van der Waals surface area contributed by atoms with Crippen molar-refractivity contribution < 1.29 is 0 Å². The molecule has 11 heavy (non-hydrogen) atoms. The number of rotatable bonds is 1. The molecular formula is C8H19ClN2. The van der Waals surface area contributed by atoms with Crippen LogP contribution in [0, 0.1) is 0 Å². The Morgan fingerprint density at radius 1 is 1.18 bits per heavy atom. The Balaban J connectivity index is 0.000001000. The van der Waals surface area contributed by atoms with Crippen LogP contribution in [-0.2, 0) is 0 Å². The van der Waals surface area contributed by atoms with E-state index in [1.807, 2.05) is 0 Å². The molecule has 1 aliphatic rings. The van der Waals surface area contributed by atoms with E-state index in [9.17, 15) is 0 Å². The van der Waals surface area contributed by atoms with Crippen molar-refractivity contribution in [3.8, 4) is 0 Å². The zero-order valence-electron chi connectivity index (χ0n) is 7.68. The molecule has 68 valence electrons. The van der Waals surface area contributed by atoms with Crippen LogP contribution in [0.4, 0.5) is 0 Å². The molecular weight excluding hydrogens is 160 g/mol. The number of nitrogens with one attached hydrogen (secondary N) is 1. The predicted molar refractivity (Wildman–Crippen MR) is 51.4 cm³/mol. The Morgan fingerprint density at radius 2 is 1.64 bits per heavy atom. The van der Waals surface area contributed by atoms with Crippen LogP contribution in [-0.4, -0.2) is 37.6 Å². The van der Waals surface area contributed by atoms with Crippen LogP contribution in [0.3, 0.4) is 0 Å². The molecule has 0 atom stereocenters. The maximum absolute atomic E-state index is 3.37. The third kappa shape index (κ3) is 2.62. The summed E-state index contributed by atoms with van der Waals surface area (Å²) in [6, 6.07) is 0. The molecule has 0 aliphatic carbocycles. The zero-order valence-corrected chi connectivity index (χ0v) is 8.50. The van der Waals surface area contributed by atoms with Crippen LogP contribution in [0.1, 0.15) is 19.8 Å². The normalized spacial score (nSPS) is 22.9. The van der Waals surface area contributed by atoms with Gasteiger partial charge in [0.1, 0.15) is 0 Å². The SMILES string of the molecule is CN(C)C1(C)CCNCC1.Cl. The lowest BCUT2D eigenvalue weighted by Crippen LogP contribution is -2.49. The average molecular weight is 179 g/mol. The number of hydrogen-bond acceptors (Lipinski definition) is 2. The first-order valence-corrected chi connectivity index (χ1v) is 4.03. The number of piperidine rings is 1. The van der Waals surface area contributed by atoms with Gasteiger partial charge in [-0.25, -0.2) is 0 Å². The lowest BCUT2D eigenvalue weighted by Gasteiger charge is -2.40. The molecule has 0 bridgehead atoms. The van der Waals surface area contributed by atoms with E-state index < -0.39 is 0 Å². The second kappa shape index (κ2) is 4.29. The van der Waals surface area contributed by atoms with Gasteiger partial charge in [0.05, 0.1) is 0 Å². The molecule has 0 amide bonds. The van der Waals surface area contributed by atoms with Crippen molar-refractivity contribution in [3.63, 3.8) is 0 Å². The Morgan fingerprint density at radius 3 is 1.91 bits per heavy atom. The van der Waals surface area contributed by atoms with Crippen molar-refractivity contribution in [1.82, 2.24) is 10.2 Å². The fraction of sp³-hybridized carbons (Fsp3) is 1.00. The van der Waals surface area contributed by atoms with Gasteiger partial charge in [-0.2, -0.15) is 0 Å². The first-order valence-electron chi connectivity index (χ1n) is 4.03. The maximum atomic E-state index is 3.37. The van der Waals surface area contributed by atoms with Crippen LogP contribution in [0.15, 0.2) is 0 Å². The van der Waals surface area contributed by atoms with Crippen molar-refractivity contribution in [2.45, 2.75) is 25.3 Å². The Kier molecular flexibility index (Phi) is 4.37. The van der Waals surface area contributed by atoms with Gasteiger partial charge in [-0.3, -0.25) is 0 Å². The second-order valence-electron chi connectivity index (χ2n) is 3.64. The molecule has 0 unspecified atom stereocenters. The molecule has 1 rings (SSSR count). The van der Waals surface area contributed by atoms with Crippen molar-refractivity contribution >= 4 is 12.4 Å². The molecule has 0 spiro atoms. The van der Waals surface area contributed by atoms with E-state index in [1.54, 1.807) is 0 Å². The van der Waals surface area contributed by atoms with E-state index in [0.29, 0.717) is 5.54 Å². The lowest BCUT2D eigenvalue weighted by atomic mass is 9.89. The summed E-state index contributed by atoms with van der Waals surface area (Å²) < 4.78 is 0. The van der Waals surface area contributed by atoms with Gasteiger partial charge in [-0.1, -0.05) is 0 Å². The van der Waals surface area contributed by atoms with Crippen LogP contribution < -0.4 is 5.32 Å². The zero-order chi connectivity index (χ0) is 7.61. The minimum Gasteiger partial charge on any atom is -0.317 e. The first-order chi connectivity index (χ1) is 4.65. The van der Waals surface area contributed by atoms with E-state index in [2.05, 4.69) is 31.2 Å². The highest BCUT2D eigenvalue weighted by Gasteiger charge is 2.28. The van der Waals surface area contributed by atoms with Crippen molar-refractivity contribution in [2.75, 3.05) is 27.2 Å². The highest BCUT2D eigenvalue weighted by molar-refractivity contribution is 5.85. The average Bonchev–Trinajstić information content (AvgIpc) is 1.89. The lowest BCUT2D eigenvalue weighted by molar-refractivity contribution is 0.128. The highest BCUT2D eigenvalue weighted by atomic mass is 35.5. The van der Waals surface area contributed by atoms with Crippen molar-refractivity contribution in [1.29, 1.82) is 0 Å². The third-order valence-corrected chi connectivity index (χ3v) is 2.76. The predicted octanol–water partition coefficient (Wildman–Crippen LogP) is 1.11. The van der Waals surface area contributed by atoms with Crippen LogP contribution in [0.2, 0.25) is 0 Å². The van der Waals surface area contributed by atoms with E-state index in [-0.39, 0.29) is 12.4 Å². The molecule has 1 N–H and O–H groups in total. The summed E-state index contributed by atoms with van der Waals surface area (Å²) in [5.74, 6) is 0. The Bertz CT molecular complexity index is 109. The van der Waals surface area contributed by atoms with Crippen LogP contribution in [0.5, 0.6) is 0 Å². The largest absolute Gasteiger partial charge is 0.317 e. The van der Waals surface area contributed by atoms with Crippen molar-refractivity contribution in [3.05, 3.63) is 0 Å². The molecule has 3 heteroatoms. The summed E-state index contributed by atoms with van der Waals surface area (Å²) in [4.78, 5) is 2.34. The molecule has 0 aromatic heterocycles. The van der Waals surface area contributed by atoms with Crippen LogP contribution >= 0.6 is 12.4 Å². The van der Waals surface area contributed by atoms with E-state index in [0.717, 1.165) is 0 Å². The topological polar surface area (TPSA) is 15.3 Å². The van der Waals surface area contributed by atoms with E-state index in [4.69, 9.17) is 0 Å². The van der Waals surface area contributed by atoms with Crippen molar-refractivity contribution in [2.24, 2.45) is 0 Å². The monoisotopic (exact) mass is 178 g/mol. The smallest absolute Gasteiger partial charge is 0.0199 e. The summed E-state index contributed by atoms with van der Waals surface area (Å²) in [6.07, 6.45) is 2.56. The summed E-state index contributed by atoms with van der Waals surface area (Å²) in [6.45, 7) is 4.69. The van der Waals surface area contributed by atoms with Gasteiger partial charge in [-0.15, -0.1) is 12.4 Å². The summed E-state index contributed by atoms with van der Waals surface area (Å²) in [7, 11) is 4.34. The molecule has 0 aromatic carbocycles. The van der Waals surface area contributed by atoms with E-state index >= 15 is 0 Å². The van der Waals surface area contributed by atoms with Gasteiger partial charge in [0.2, 0.25) is 0 Å². The molecule has 1 saturated heterocycles. The fourth-order valence-electron chi connectivity index (χ4n) is 1.41. The van der Waals surface area contributed by atoms with Gasteiger partial charge in [0, 0.05) is 5.54 Å². The molecule has 1 fully saturated rings. The quantitative estimate of drug-likeness (QED) is 0.648. The van der Waals surface area contributed by atoms with E-state index in [1.165, 1.54) is 25.9 Å². The summed E-state index contributed by atoms with van der Waals surface area (Å²) in [5, 5.41) is 3.37. The molecule has 0 radical (unpaired) electrons. The number of nitrogens with zero attached hydrogens (tertiary/aromatic N) is 1. The van der Waals surface area contributed by atoms with Gasteiger partial charge >= 0.3 is 0 Å². The van der Waals surface area contributed by atoms with Gasteiger partial charge in [0.25, 0.3) is 0 Å². The van der Waals surface area contributed by atoms with Crippen LogP contribution in [0.25, 0.3) is 0 Å². The molecule has 2 nitrogen and oxygen atoms in total. The maximum Gasteiger partial charge on any atom is 0.0199 e. The molecule has 1 heterocycles. The van der Waals surface area contributed by atoms with Gasteiger partial charge in [0.15, 0.2) is 0 Å². The Hall–Kier alpha value is 0.210. The molecule has 1 aliphatic heterocycles. The van der Waals surface area contributed by atoms with Gasteiger partial charge in [-0.05, 0) is 47.0 Å². The summed E-state index contributed by atoms with van der Waals surface area (Å²) in [5.41, 5.74) is 0.450. The minimum absolute atomic E-state index is 0.